The fourth-order valence-electron chi connectivity index (χ4n) is 2.62. The summed E-state index contributed by atoms with van der Waals surface area (Å²) in [6, 6.07) is 12.5. The van der Waals surface area contributed by atoms with Crippen LogP contribution in [0.15, 0.2) is 53.4 Å². The van der Waals surface area contributed by atoms with E-state index in [1.807, 2.05) is 0 Å². The molecule has 158 valence electrons. The summed E-state index contributed by atoms with van der Waals surface area (Å²) in [4.78, 5) is 11.2. The monoisotopic (exact) mass is 422 g/mol. The Labute approximate surface area is 170 Å². The summed E-state index contributed by atoms with van der Waals surface area (Å²) in [6.07, 6.45) is 2.75. The number of unbranched alkanes of at least 4 members (excludes halogenated alkanes) is 2. The van der Waals surface area contributed by atoms with E-state index >= 15 is 0 Å². The van der Waals surface area contributed by atoms with Gasteiger partial charge in [-0.05, 0) is 49.9 Å². The van der Waals surface area contributed by atoms with Crippen LogP contribution in [0.5, 0.6) is 11.5 Å². The summed E-state index contributed by atoms with van der Waals surface area (Å²) in [5.74, 6) is -0.994. The van der Waals surface area contributed by atoms with Crippen LogP contribution in [-0.2, 0) is 14.6 Å². The Morgan fingerprint density at radius 2 is 1.55 bits per heavy atom. The predicted octanol–water partition coefficient (Wildman–Crippen LogP) is 3.52. The Balaban J connectivity index is 1.51. The van der Waals surface area contributed by atoms with E-state index in [4.69, 9.17) is 14.6 Å². The van der Waals surface area contributed by atoms with Crippen LogP contribution in [0.2, 0.25) is 0 Å². The lowest BCUT2D eigenvalue weighted by Crippen LogP contribution is -2.08. The van der Waals surface area contributed by atoms with E-state index in [2.05, 4.69) is 0 Å². The topological polar surface area (TPSA) is 110 Å². The molecule has 2 aromatic carbocycles. The zero-order chi connectivity index (χ0) is 21.1. The molecule has 0 spiro atoms. The third kappa shape index (κ3) is 7.75. The number of carboxylic acid groups (broad SMARTS) is 1. The third-order valence-electron chi connectivity index (χ3n) is 4.21. The highest BCUT2D eigenvalue weighted by atomic mass is 32.2. The Kier molecular flexibility index (Phi) is 8.95. The van der Waals surface area contributed by atoms with Crippen LogP contribution in [0.4, 0.5) is 0 Å². The molecule has 0 heterocycles. The van der Waals surface area contributed by atoms with E-state index in [-0.39, 0.29) is 17.1 Å². The summed E-state index contributed by atoms with van der Waals surface area (Å²) < 4.78 is 35.2. The number of hydrogen-bond acceptors (Lipinski definition) is 6. The Morgan fingerprint density at radius 1 is 0.897 bits per heavy atom. The second-order valence-electron chi connectivity index (χ2n) is 6.49. The SMILES string of the molecule is O=C(O)c1ccc(OCCCCOCCCCS(=O)(=O)c2ccccc2)cc1O. The van der Waals surface area contributed by atoms with Crippen molar-refractivity contribution in [3.8, 4) is 11.5 Å². The minimum Gasteiger partial charge on any atom is -0.507 e. The molecule has 0 bridgehead atoms. The minimum absolute atomic E-state index is 0.113. The molecule has 2 N–H and O–H groups in total. The maximum Gasteiger partial charge on any atom is 0.339 e. The highest BCUT2D eigenvalue weighted by molar-refractivity contribution is 7.91. The van der Waals surface area contributed by atoms with Crippen molar-refractivity contribution in [2.45, 2.75) is 30.6 Å². The van der Waals surface area contributed by atoms with Crippen LogP contribution in [0.3, 0.4) is 0 Å². The molecule has 0 unspecified atom stereocenters. The van der Waals surface area contributed by atoms with Gasteiger partial charge in [-0.25, -0.2) is 13.2 Å². The molecule has 2 rings (SSSR count). The molecule has 0 aromatic heterocycles. The number of aromatic hydroxyl groups is 1. The first kappa shape index (κ1) is 22.7. The fourth-order valence-corrected chi connectivity index (χ4v) is 4.01. The van der Waals surface area contributed by atoms with Crippen molar-refractivity contribution < 1.29 is 32.9 Å². The van der Waals surface area contributed by atoms with Gasteiger partial charge in [-0.15, -0.1) is 0 Å². The molecule has 7 nitrogen and oxygen atoms in total. The van der Waals surface area contributed by atoms with Crippen molar-refractivity contribution in [1.82, 2.24) is 0 Å². The molecule has 0 aliphatic rings. The zero-order valence-electron chi connectivity index (χ0n) is 16.1. The lowest BCUT2D eigenvalue weighted by atomic mass is 10.2. The van der Waals surface area contributed by atoms with Gasteiger partial charge in [-0.3, -0.25) is 0 Å². The molecular weight excluding hydrogens is 396 g/mol. The van der Waals surface area contributed by atoms with Gasteiger partial charge in [0.15, 0.2) is 9.84 Å². The molecule has 29 heavy (non-hydrogen) atoms. The van der Waals surface area contributed by atoms with Gasteiger partial charge in [0.05, 0.1) is 17.3 Å². The molecule has 0 amide bonds. The highest BCUT2D eigenvalue weighted by Gasteiger charge is 2.13. The van der Waals surface area contributed by atoms with Gasteiger partial charge in [-0.2, -0.15) is 0 Å². The first-order chi connectivity index (χ1) is 13.9. The number of hydrogen-bond donors (Lipinski definition) is 2. The number of phenols is 1. The van der Waals surface area contributed by atoms with Gasteiger partial charge in [-0.1, -0.05) is 18.2 Å². The third-order valence-corrected chi connectivity index (χ3v) is 6.02. The lowest BCUT2D eigenvalue weighted by molar-refractivity contribution is 0.0693. The summed E-state index contributed by atoms with van der Waals surface area (Å²) in [5.41, 5.74) is -0.165. The predicted molar refractivity (Wildman–Crippen MR) is 108 cm³/mol. The smallest absolute Gasteiger partial charge is 0.339 e. The van der Waals surface area contributed by atoms with Gasteiger partial charge < -0.3 is 19.7 Å². The van der Waals surface area contributed by atoms with E-state index in [1.165, 1.54) is 18.2 Å². The van der Waals surface area contributed by atoms with Crippen LogP contribution in [-0.4, -0.2) is 50.2 Å². The van der Waals surface area contributed by atoms with Crippen molar-refractivity contribution in [2.75, 3.05) is 25.6 Å². The molecule has 0 saturated heterocycles. The minimum atomic E-state index is -3.22. The first-order valence-corrected chi connectivity index (χ1v) is 11.1. The van der Waals surface area contributed by atoms with Gasteiger partial charge in [0.25, 0.3) is 0 Å². The second-order valence-corrected chi connectivity index (χ2v) is 8.60. The number of aromatic carboxylic acids is 1. The van der Waals surface area contributed by atoms with Crippen LogP contribution < -0.4 is 4.74 Å². The Bertz CT molecular complexity index is 879. The van der Waals surface area contributed by atoms with E-state index < -0.39 is 15.8 Å². The molecule has 2 aromatic rings. The summed E-state index contributed by atoms with van der Waals surface area (Å²) in [7, 11) is -3.22. The lowest BCUT2D eigenvalue weighted by Gasteiger charge is -2.08. The van der Waals surface area contributed by atoms with Crippen LogP contribution in [0.1, 0.15) is 36.0 Å². The van der Waals surface area contributed by atoms with Crippen molar-refractivity contribution in [3.63, 3.8) is 0 Å². The van der Waals surface area contributed by atoms with Crippen LogP contribution in [0.25, 0.3) is 0 Å². The quantitative estimate of drug-likeness (QED) is 0.475. The van der Waals surface area contributed by atoms with Gasteiger partial charge in [0, 0.05) is 19.3 Å². The molecule has 0 aliphatic carbocycles. The second kappa shape index (κ2) is 11.4. The van der Waals surface area contributed by atoms with E-state index in [0.717, 1.165) is 12.8 Å². The van der Waals surface area contributed by atoms with E-state index in [1.54, 1.807) is 30.3 Å². The van der Waals surface area contributed by atoms with Gasteiger partial charge >= 0.3 is 5.97 Å². The van der Waals surface area contributed by atoms with Gasteiger partial charge in [0.2, 0.25) is 0 Å². The summed E-state index contributed by atoms with van der Waals surface area (Å²) in [6.45, 7) is 1.48. The van der Waals surface area contributed by atoms with Crippen molar-refractivity contribution in [2.24, 2.45) is 0 Å². The molecule has 8 heteroatoms. The van der Waals surface area contributed by atoms with Gasteiger partial charge in [0.1, 0.15) is 17.1 Å². The summed E-state index contributed by atoms with van der Waals surface area (Å²) >= 11 is 0. The number of ether oxygens (including phenoxy) is 2. The number of benzene rings is 2. The molecule has 0 saturated carbocycles. The van der Waals surface area contributed by atoms with Crippen molar-refractivity contribution in [3.05, 3.63) is 54.1 Å². The molecule has 0 fully saturated rings. The number of rotatable bonds is 13. The Hall–Kier alpha value is -2.58. The van der Waals surface area contributed by atoms with E-state index in [9.17, 15) is 18.3 Å². The number of carboxylic acids is 1. The fraction of sp³-hybridized carbons (Fsp3) is 0.381. The maximum absolute atomic E-state index is 12.1. The molecule has 0 atom stereocenters. The average molecular weight is 422 g/mol. The zero-order valence-corrected chi connectivity index (χ0v) is 16.9. The normalized spacial score (nSPS) is 11.3. The largest absolute Gasteiger partial charge is 0.507 e. The molecule has 0 radical (unpaired) electrons. The standard InChI is InChI=1S/C21H26O7S/c22-20-16-17(10-11-19(20)21(23)24)28-14-5-4-12-27-13-6-7-15-29(25,26)18-8-2-1-3-9-18/h1-3,8-11,16,22H,4-7,12-15H2,(H,23,24). The highest BCUT2D eigenvalue weighted by Crippen LogP contribution is 2.23. The van der Waals surface area contributed by atoms with Crippen molar-refractivity contribution >= 4 is 15.8 Å². The van der Waals surface area contributed by atoms with E-state index in [0.29, 0.717) is 43.3 Å². The van der Waals surface area contributed by atoms with Crippen LogP contribution in [0, 0.1) is 0 Å². The van der Waals surface area contributed by atoms with Crippen LogP contribution >= 0.6 is 0 Å². The Morgan fingerprint density at radius 3 is 2.21 bits per heavy atom. The number of carbonyl (C=O) groups is 1. The van der Waals surface area contributed by atoms with Crippen molar-refractivity contribution in [1.29, 1.82) is 0 Å². The number of sulfone groups is 1. The first-order valence-electron chi connectivity index (χ1n) is 9.45. The maximum atomic E-state index is 12.1. The molecular formula is C21H26O7S. The average Bonchev–Trinajstić information content (AvgIpc) is 2.70. The summed E-state index contributed by atoms with van der Waals surface area (Å²) in [5, 5.41) is 18.5. The molecule has 0 aliphatic heterocycles.